The summed E-state index contributed by atoms with van der Waals surface area (Å²) in [6.45, 7) is 5.30. The van der Waals surface area contributed by atoms with Crippen molar-refractivity contribution in [2.75, 3.05) is 6.54 Å². The van der Waals surface area contributed by atoms with E-state index in [-0.39, 0.29) is 0 Å². The van der Waals surface area contributed by atoms with Crippen molar-refractivity contribution >= 4 is 29.3 Å². The summed E-state index contributed by atoms with van der Waals surface area (Å²) in [5, 5.41) is 4.73. The summed E-state index contributed by atoms with van der Waals surface area (Å²) in [6, 6.07) is 5.88. The van der Waals surface area contributed by atoms with Crippen molar-refractivity contribution in [1.82, 2.24) is 5.32 Å². The lowest BCUT2D eigenvalue weighted by Gasteiger charge is -2.07. The van der Waals surface area contributed by atoms with Crippen LogP contribution in [0.25, 0.3) is 6.08 Å². The van der Waals surface area contributed by atoms with E-state index in [2.05, 4.69) is 25.2 Å². The molecule has 0 fully saturated rings. The molecular formula is C13H17Cl2N. The van der Waals surface area contributed by atoms with Crippen LogP contribution in [0, 0.1) is 0 Å². The predicted octanol–water partition coefficient (Wildman–Crippen LogP) is 4.39. The van der Waals surface area contributed by atoms with Gasteiger partial charge in [-0.05, 0) is 37.6 Å². The summed E-state index contributed by atoms with van der Waals surface area (Å²) in [5.74, 6) is 0. The lowest BCUT2D eigenvalue weighted by molar-refractivity contribution is 0.625. The molecule has 3 heteroatoms. The minimum atomic E-state index is 0.353. The molecule has 1 unspecified atom stereocenters. The van der Waals surface area contributed by atoms with Crippen LogP contribution in [0.1, 0.15) is 25.8 Å². The zero-order chi connectivity index (χ0) is 12.0. The molecule has 1 aromatic rings. The Labute approximate surface area is 107 Å². The van der Waals surface area contributed by atoms with Gasteiger partial charge in [0, 0.05) is 16.1 Å². The molecule has 16 heavy (non-hydrogen) atoms. The fraction of sp³-hybridized carbons (Fsp3) is 0.385. The number of halogens is 2. The molecule has 0 aliphatic carbocycles. The Hall–Kier alpha value is -0.500. The molecule has 0 amide bonds. The highest BCUT2D eigenvalue weighted by molar-refractivity contribution is 6.35. The van der Waals surface area contributed by atoms with E-state index in [9.17, 15) is 0 Å². The normalized spacial score (nSPS) is 13.2. The molecule has 1 N–H and O–H groups in total. The zero-order valence-electron chi connectivity index (χ0n) is 9.63. The van der Waals surface area contributed by atoms with E-state index in [1.165, 1.54) is 0 Å². The van der Waals surface area contributed by atoms with E-state index in [1.807, 2.05) is 18.2 Å². The first-order chi connectivity index (χ1) is 7.63. The summed E-state index contributed by atoms with van der Waals surface area (Å²) < 4.78 is 0. The highest BCUT2D eigenvalue weighted by Gasteiger charge is 1.98. The minimum Gasteiger partial charge on any atom is -0.311 e. The van der Waals surface area contributed by atoms with Gasteiger partial charge in [0.1, 0.15) is 0 Å². The number of nitrogens with one attached hydrogen (secondary N) is 1. The van der Waals surface area contributed by atoms with Gasteiger partial charge in [-0.1, -0.05) is 48.3 Å². The Morgan fingerprint density at radius 2 is 2.12 bits per heavy atom. The van der Waals surface area contributed by atoms with Crippen LogP contribution in [-0.2, 0) is 0 Å². The highest BCUT2D eigenvalue weighted by atomic mass is 35.5. The maximum absolute atomic E-state index is 6.06. The molecule has 88 valence electrons. The monoisotopic (exact) mass is 257 g/mol. The maximum Gasteiger partial charge on any atom is 0.0493 e. The van der Waals surface area contributed by atoms with Crippen molar-refractivity contribution in [3.8, 4) is 0 Å². The van der Waals surface area contributed by atoms with Crippen LogP contribution in [0.15, 0.2) is 24.3 Å². The first-order valence-electron chi connectivity index (χ1n) is 5.50. The third-order valence-electron chi connectivity index (χ3n) is 2.24. The minimum absolute atomic E-state index is 0.353. The maximum atomic E-state index is 6.06. The van der Waals surface area contributed by atoms with Crippen LogP contribution < -0.4 is 5.32 Å². The fourth-order valence-electron chi connectivity index (χ4n) is 1.32. The smallest absolute Gasteiger partial charge is 0.0493 e. The fourth-order valence-corrected chi connectivity index (χ4v) is 1.80. The van der Waals surface area contributed by atoms with E-state index in [0.29, 0.717) is 16.1 Å². The predicted molar refractivity (Wildman–Crippen MR) is 73.3 cm³/mol. The van der Waals surface area contributed by atoms with Gasteiger partial charge in [0.2, 0.25) is 0 Å². The molecule has 0 aliphatic heterocycles. The van der Waals surface area contributed by atoms with Crippen molar-refractivity contribution in [2.45, 2.75) is 26.3 Å². The summed E-state index contributed by atoms with van der Waals surface area (Å²) in [5.41, 5.74) is 0.996. The van der Waals surface area contributed by atoms with Crippen LogP contribution in [0.2, 0.25) is 10.0 Å². The van der Waals surface area contributed by atoms with Crippen LogP contribution in [0.3, 0.4) is 0 Å². The van der Waals surface area contributed by atoms with E-state index < -0.39 is 0 Å². The first kappa shape index (κ1) is 13.6. The van der Waals surface area contributed by atoms with Gasteiger partial charge >= 0.3 is 0 Å². The second-order valence-electron chi connectivity index (χ2n) is 3.77. The Morgan fingerprint density at radius 3 is 2.75 bits per heavy atom. The van der Waals surface area contributed by atoms with Gasteiger partial charge in [0.05, 0.1) is 0 Å². The van der Waals surface area contributed by atoms with Crippen LogP contribution >= 0.6 is 23.2 Å². The second kappa shape index (κ2) is 6.95. The highest BCUT2D eigenvalue weighted by Crippen LogP contribution is 2.22. The van der Waals surface area contributed by atoms with Gasteiger partial charge in [-0.25, -0.2) is 0 Å². The molecule has 0 saturated heterocycles. The number of hydrogen-bond acceptors (Lipinski definition) is 1. The van der Waals surface area contributed by atoms with E-state index in [1.54, 1.807) is 6.07 Å². The van der Waals surface area contributed by atoms with Gasteiger partial charge in [-0.2, -0.15) is 0 Å². The number of benzene rings is 1. The SMILES string of the molecule is CCCNC(C)/C=C/c1ccc(Cl)cc1Cl. The van der Waals surface area contributed by atoms with Crippen molar-refractivity contribution in [1.29, 1.82) is 0 Å². The van der Waals surface area contributed by atoms with Crippen LogP contribution in [-0.4, -0.2) is 12.6 Å². The number of hydrogen-bond donors (Lipinski definition) is 1. The quantitative estimate of drug-likeness (QED) is 0.825. The van der Waals surface area contributed by atoms with E-state index >= 15 is 0 Å². The summed E-state index contributed by atoms with van der Waals surface area (Å²) in [6.07, 6.45) is 5.26. The number of rotatable bonds is 5. The van der Waals surface area contributed by atoms with Crippen LogP contribution in [0.4, 0.5) is 0 Å². The van der Waals surface area contributed by atoms with E-state index in [4.69, 9.17) is 23.2 Å². The van der Waals surface area contributed by atoms with Crippen LogP contribution in [0.5, 0.6) is 0 Å². The molecular weight excluding hydrogens is 241 g/mol. The van der Waals surface area contributed by atoms with Crippen molar-refractivity contribution < 1.29 is 0 Å². The largest absolute Gasteiger partial charge is 0.311 e. The molecule has 0 aliphatic rings. The average Bonchev–Trinajstić information content (AvgIpc) is 2.25. The molecule has 1 rings (SSSR count). The van der Waals surface area contributed by atoms with Gasteiger partial charge < -0.3 is 5.32 Å². The molecule has 0 bridgehead atoms. The van der Waals surface area contributed by atoms with Gasteiger partial charge in [-0.15, -0.1) is 0 Å². The van der Waals surface area contributed by atoms with Crippen molar-refractivity contribution in [3.63, 3.8) is 0 Å². The standard InChI is InChI=1S/C13H17Cl2N/c1-3-8-16-10(2)4-5-11-6-7-12(14)9-13(11)15/h4-7,9-10,16H,3,8H2,1-2H3/b5-4+. The Morgan fingerprint density at radius 1 is 1.38 bits per heavy atom. The lowest BCUT2D eigenvalue weighted by atomic mass is 10.2. The van der Waals surface area contributed by atoms with Crippen molar-refractivity contribution in [3.05, 3.63) is 39.9 Å². The molecule has 1 atom stereocenters. The van der Waals surface area contributed by atoms with E-state index in [0.717, 1.165) is 18.5 Å². The second-order valence-corrected chi connectivity index (χ2v) is 4.61. The Balaban J connectivity index is 2.61. The molecule has 0 spiro atoms. The molecule has 0 radical (unpaired) electrons. The average molecular weight is 258 g/mol. The molecule has 0 saturated carbocycles. The summed E-state index contributed by atoms with van der Waals surface area (Å²) in [7, 11) is 0. The Kier molecular flexibility index (Phi) is 5.89. The molecule has 1 aromatic carbocycles. The third-order valence-corrected chi connectivity index (χ3v) is 2.81. The third kappa shape index (κ3) is 4.56. The molecule has 1 nitrogen and oxygen atoms in total. The first-order valence-corrected chi connectivity index (χ1v) is 6.25. The Bertz CT molecular complexity index is 361. The lowest BCUT2D eigenvalue weighted by Crippen LogP contribution is -2.24. The van der Waals surface area contributed by atoms with Gasteiger partial charge in [-0.3, -0.25) is 0 Å². The summed E-state index contributed by atoms with van der Waals surface area (Å²) in [4.78, 5) is 0. The molecule has 0 aromatic heterocycles. The topological polar surface area (TPSA) is 12.0 Å². The zero-order valence-corrected chi connectivity index (χ0v) is 11.1. The summed E-state index contributed by atoms with van der Waals surface area (Å²) >= 11 is 11.9. The van der Waals surface area contributed by atoms with Gasteiger partial charge in [0.15, 0.2) is 0 Å². The van der Waals surface area contributed by atoms with Crippen molar-refractivity contribution in [2.24, 2.45) is 0 Å². The van der Waals surface area contributed by atoms with Gasteiger partial charge in [0.25, 0.3) is 0 Å². The molecule has 0 heterocycles.